The molecule has 3 aromatic rings. The van der Waals surface area contributed by atoms with Crippen LogP contribution in [0, 0.1) is 5.82 Å². The Hall–Kier alpha value is -2.68. The summed E-state index contributed by atoms with van der Waals surface area (Å²) in [5.41, 5.74) is 0.476. The van der Waals surface area contributed by atoms with Crippen molar-refractivity contribution in [1.82, 2.24) is 0 Å². The number of fused-ring (bicyclic) bond motifs is 1. The van der Waals surface area contributed by atoms with E-state index in [1.54, 1.807) is 42.5 Å². The van der Waals surface area contributed by atoms with Crippen LogP contribution in [-0.4, -0.2) is 0 Å². The molecule has 0 saturated carbocycles. The van der Waals surface area contributed by atoms with Gasteiger partial charge in [-0.3, -0.25) is 0 Å². The van der Waals surface area contributed by atoms with Gasteiger partial charge >= 0.3 is 5.63 Å². The van der Waals surface area contributed by atoms with Crippen LogP contribution in [0.15, 0.2) is 63.8 Å². The Morgan fingerprint density at radius 1 is 0.950 bits per heavy atom. The lowest BCUT2D eigenvalue weighted by atomic mass is 10.1. The molecule has 0 bridgehead atoms. The second-order valence-electron chi connectivity index (χ2n) is 4.41. The first-order valence-corrected chi connectivity index (χ1v) is 6.19. The summed E-state index contributed by atoms with van der Waals surface area (Å²) >= 11 is 0. The Labute approximate surface area is 114 Å². The zero-order valence-electron chi connectivity index (χ0n) is 10.5. The maximum Gasteiger partial charge on any atom is 0.344 e. The Morgan fingerprint density at radius 3 is 2.50 bits per heavy atom. The molecule has 3 rings (SSSR count). The van der Waals surface area contributed by atoms with E-state index in [1.807, 2.05) is 12.1 Å². The van der Waals surface area contributed by atoms with Gasteiger partial charge in [-0.25, -0.2) is 9.18 Å². The zero-order valence-corrected chi connectivity index (χ0v) is 10.5. The van der Waals surface area contributed by atoms with Crippen molar-refractivity contribution in [2.24, 2.45) is 0 Å². The fraction of sp³-hybridized carbons (Fsp3) is 0. The van der Waals surface area contributed by atoms with E-state index in [0.29, 0.717) is 11.1 Å². The molecule has 1 heterocycles. The van der Waals surface area contributed by atoms with Crippen LogP contribution >= 0.6 is 0 Å². The number of benzene rings is 2. The number of halogens is 1. The first kappa shape index (κ1) is 12.4. The van der Waals surface area contributed by atoms with E-state index in [-0.39, 0.29) is 11.4 Å². The molecule has 0 atom stereocenters. The molecule has 0 unspecified atom stereocenters. The lowest BCUT2D eigenvalue weighted by Gasteiger charge is -1.98. The minimum Gasteiger partial charge on any atom is -0.423 e. The van der Waals surface area contributed by atoms with Crippen LogP contribution in [0.3, 0.4) is 0 Å². The minimum atomic E-state index is -0.359. The first-order valence-electron chi connectivity index (χ1n) is 6.19. The van der Waals surface area contributed by atoms with Gasteiger partial charge in [-0.2, -0.15) is 0 Å². The van der Waals surface area contributed by atoms with Crippen molar-refractivity contribution in [3.05, 3.63) is 82.2 Å². The van der Waals surface area contributed by atoms with E-state index < -0.39 is 0 Å². The summed E-state index contributed by atoms with van der Waals surface area (Å²) in [6.45, 7) is 0. The van der Waals surface area contributed by atoms with Crippen molar-refractivity contribution in [2.75, 3.05) is 0 Å². The zero-order chi connectivity index (χ0) is 13.9. The van der Waals surface area contributed by atoms with E-state index >= 15 is 0 Å². The lowest BCUT2D eigenvalue weighted by molar-refractivity contribution is 0.510. The Kier molecular flexibility index (Phi) is 3.17. The van der Waals surface area contributed by atoms with Crippen LogP contribution in [0.4, 0.5) is 4.39 Å². The summed E-state index contributed by atoms with van der Waals surface area (Å²) in [4.78, 5) is 11.8. The molecule has 0 fully saturated rings. The molecular formula is C17H11FO2. The summed E-state index contributed by atoms with van der Waals surface area (Å²) in [5, 5.41) is 1.40. The van der Waals surface area contributed by atoms with Crippen LogP contribution in [0.25, 0.3) is 22.9 Å². The number of hydrogen-bond acceptors (Lipinski definition) is 2. The highest BCUT2D eigenvalue weighted by Crippen LogP contribution is 2.14. The van der Waals surface area contributed by atoms with Gasteiger partial charge in [0.2, 0.25) is 0 Å². The molecule has 0 radical (unpaired) electrons. The monoisotopic (exact) mass is 266 g/mol. The predicted molar refractivity (Wildman–Crippen MR) is 77.8 cm³/mol. The summed E-state index contributed by atoms with van der Waals surface area (Å²) in [7, 11) is 0. The fourth-order valence-electron chi connectivity index (χ4n) is 1.99. The molecular weight excluding hydrogens is 255 g/mol. The molecule has 0 saturated heterocycles. The molecule has 98 valence electrons. The van der Waals surface area contributed by atoms with Gasteiger partial charge in [0.25, 0.3) is 0 Å². The molecule has 1 aromatic heterocycles. The van der Waals surface area contributed by atoms with Gasteiger partial charge in [-0.1, -0.05) is 36.4 Å². The molecule has 0 N–H and O–H groups in total. The number of hydrogen-bond donors (Lipinski definition) is 0. The third kappa shape index (κ3) is 2.52. The standard InChI is InChI=1S/C17H11FO2/c18-14-8-5-12(6-9-14)7-10-15-11-13-3-1-2-4-16(13)17(19)20-15/h1-11H/b10-7+. The predicted octanol–water partition coefficient (Wildman–Crippen LogP) is 4.10. The van der Waals surface area contributed by atoms with Crippen LogP contribution in [-0.2, 0) is 0 Å². The highest BCUT2D eigenvalue weighted by Gasteiger charge is 2.01. The molecule has 0 aliphatic heterocycles. The van der Waals surface area contributed by atoms with Gasteiger partial charge in [0.1, 0.15) is 11.6 Å². The van der Waals surface area contributed by atoms with Gasteiger partial charge in [0.15, 0.2) is 0 Å². The van der Waals surface area contributed by atoms with Crippen molar-refractivity contribution < 1.29 is 8.81 Å². The maximum absolute atomic E-state index is 12.8. The smallest absolute Gasteiger partial charge is 0.344 e. The normalized spacial score (nSPS) is 11.2. The second kappa shape index (κ2) is 5.13. The highest BCUT2D eigenvalue weighted by atomic mass is 19.1. The quantitative estimate of drug-likeness (QED) is 0.699. The largest absolute Gasteiger partial charge is 0.423 e. The van der Waals surface area contributed by atoms with Crippen molar-refractivity contribution in [3.8, 4) is 0 Å². The topological polar surface area (TPSA) is 30.2 Å². The highest BCUT2D eigenvalue weighted by molar-refractivity contribution is 5.83. The molecule has 3 heteroatoms. The average Bonchev–Trinajstić information content (AvgIpc) is 2.47. The molecule has 2 nitrogen and oxygen atoms in total. The second-order valence-corrected chi connectivity index (χ2v) is 4.41. The van der Waals surface area contributed by atoms with Crippen LogP contribution in [0.1, 0.15) is 11.3 Å². The van der Waals surface area contributed by atoms with Crippen LogP contribution in [0.5, 0.6) is 0 Å². The van der Waals surface area contributed by atoms with Gasteiger partial charge in [0, 0.05) is 0 Å². The minimum absolute atomic E-state index is 0.278. The summed E-state index contributed by atoms with van der Waals surface area (Å²) in [5.74, 6) is 0.192. The average molecular weight is 266 g/mol. The molecule has 20 heavy (non-hydrogen) atoms. The van der Waals surface area contributed by atoms with Gasteiger partial charge in [0.05, 0.1) is 5.39 Å². The molecule has 0 aliphatic carbocycles. The van der Waals surface area contributed by atoms with Crippen molar-refractivity contribution in [2.45, 2.75) is 0 Å². The fourth-order valence-corrected chi connectivity index (χ4v) is 1.99. The Balaban J connectivity index is 1.98. The summed E-state index contributed by atoms with van der Waals surface area (Å²) in [6.07, 6.45) is 3.47. The Morgan fingerprint density at radius 2 is 1.70 bits per heavy atom. The summed E-state index contributed by atoms with van der Waals surface area (Å²) < 4.78 is 18.0. The molecule has 2 aromatic carbocycles. The van der Waals surface area contributed by atoms with Crippen molar-refractivity contribution in [1.29, 1.82) is 0 Å². The van der Waals surface area contributed by atoms with Crippen molar-refractivity contribution in [3.63, 3.8) is 0 Å². The lowest BCUT2D eigenvalue weighted by Crippen LogP contribution is -1.99. The van der Waals surface area contributed by atoms with E-state index in [1.165, 1.54) is 12.1 Å². The molecule has 0 aliphatic rings. The maximum atomic E-state index is 12.8. The van der Waals surface area contributed by atoms with E-state index in [4.69, 9.17) is 4.42 Å². The van der Waals surface area contributed by atoms with Crippen LogP contribution in [0.2, 0.25) is 0 Å². The van der Waals surface area contributed by atoms with Gasteiger partial charge in [-0.05, 0) is 41.3 Å². The van der Waals surface area contributed by atoms with Gasteiger partial charge < -0.3 is 4.42 Å². The third-order valence-corrected chi connectivity index (χ3v) is 3.00. The Bertz CT molecular complexity index is 829. The first-order chi connectivity index (χ1) is 9.72. The SMILES string of the molecule is O=c1oc(/C=C/c2ccc(F)cc2)cc2ccccc12. The van der Waals surface area contributed by atoms with Gasteiger partial charge in [-0.15, -0.1) is 0 Å². The molecule has 0 spiro atoms. The third-order valence-electron chi connectivity index (χ3n) is 3.00. The van der Waals surface area contributed by atoms with Crippen LogP contribution < -0.4 is 5.63 Å². The van der Waals surface area contributed by atoms with E-state index in [2.05, 4.69) is 0 Å². The van der Waals surface area contributed by atoms with E-state index in [9.17, 15) is 9.18 Å². The number of rotatable bonds is 2. The summed E-state index contributed by atoms with van der Waals surface area (Å²) in [6, 6.07) is 15.2. The van der Waals surface area contributed by atoms with Crippen molar-refractivity contribution >= 4 is 22.9 Å². The molecule has 0 amide bonds. The van der Waals surface area contributed by atoms with E-state index in [0.717, 1.165) is 10.9 Å².